The number of benzene rings is 1. The summed E-state index contributed by atoms with van der Waals surface area (Å²) in [6, 6.07) is 3.70. The molecule has 1 aromatic carbocycles. The second-order valence-electron chi connectivity index (χ2n) is 5.25. The van der Waals surface area contributed by atoms with E-state index < -0.39 is 27.4 Å². The maximum absolute atomic E-state index is 12.5. The summed E-state index contributed by atoms with van der Waals surface area (Å²) in [7, 11) is -3.61. The molecule has 0 bridgehead atoms. The van der Waals surface area contributed by atoms with E-state index in [1.54, 1.807) is 0 Å². The Morgan fingerprint density at radius 1 is 1.33 bits per heavy atom. The topological polar surface area (TPSA) is 61.2 Å². The second-order valence-corrected chi connectivity index (χ2v) is 7.32. The van der Waals surface area contributed by atoms with Crippen molar-refractivity contribution in [1.29, 1.82) is 0 Å². The molecule has 1 heterocycles. The summed E-state index contributed by atoms with van der Waals surface area (Å²) >= 11 is 0. The van der Waals surface area contributed by atoms with Crippen LogP contribution in [0.2, 0.25) is 0 Å². The van der Waals surface area contributed by atoms with Crippen molar-refractivity contribution in [2.24, 2.45) is 0 Å². The monoisotopic (exact) mass is 356 g/mol. The molecule has 1 aliphatic carbocycles. The van der Waals surface area contributed by atoms with Gasteiger partial charge in [-0.15, -0.1) is 19.6 Å². The van der Waals surface area contributed by atoms with Crippen molar-refractivity contribution in [2.75, 3.05) is 0 Å². The zero-order valence-corrected chi connectivity index (χ0v) is 12.9. The maximum atomic E-state index is 12.5. The lowest BCUT2D eigenvalue weighted by molar-refractivity contribution is -0.274. The highest BCUT2D eigenvalue weighted by Gasteiger charge is 2.38. The summed E-state index contributed by atoms with van der Waals surface area (Å²) < 4.78 is 66.7. The first-order chi connectivity index (χ1) is 11.2. The third-order valence-electron chi connectivity index (χ3n) is 3.45. The second kappa shape index (κ2) is 5.56. The smallest absolute Gasteiger partial charge is 0.405 e. The summed E-state index contributed by atoms with van der Waals surface area (Å²) in [5, 5.41) is 3.27. The van der Waals surface area contributed by atoms with Gasteiger partial charge in [0.25, 0.3) is 10.0 Å². The molecule has 9 heteroatoms. The van der Waals surface area contributed by atoms with E-state index in [1.807, 2.05) is 0 Å². The predicted octanol–water partition coefficient (Wildman–Crippen LogP) is 2.77. The molecule has 0 N–H and O–H groups in total. The van der Waals surface area contributed by atoms with Gasteiger partial charge in [0.2, 0.25) is 0 Å². The Bertz CT molecular complexity index is 922. The summed E-state index contributed by atoms with van der Waals surface area (Å²) in [5.41, 5.74) is 0.507. The average molecular weight is 356 g/mol. The Balaban J connectivity index is 2.05. The third-order valence-corrected chi connectivity index (χ3v) is 5.48. The number of terminal acetylenes is 1. The fraction of sp³-hybridized carbons (Fsp3) is 0.267. The van der Waals surface area contributed by atoms with E-state index in [9.17, 15) is 21.6 Å². The Hall–Kier alpha value is -2.47. The van der Waals surface area contributed by atoms with Crippen LogP contribution >= 0.6 is 0 Å². The van der Waals surface area contributed by atoms with Crippen LogP contribution in [-0.2, 0) is 10.0 Å². The number of hydrogen-bond acceptors (Lipinski definition) is 4. The van der Waals surface area contributed by atoms with Crippen LogP contribution in [0, 0.1) is 12.3 Å². The van der Waals surface area contributed by atoms with Gasteiger partial charge < -0.3 is 4.74 Å². The molecule has 0 spiro atoms. The van der Waals surface area contributed by atoms with Crippen LogP contribution in [0.1, 0.15) is 18.4 Å². The van der Waals surface area contributed by atoms with Crippen LogP contribution in [0.25, 0.3) is 11.1 Å². The summed E-state index contributed by atoms with van der Waals surface area (Å²) in [6.45, 7) is 0. The molecule has 1 fully saturated rings. The van der Waals surface area contributed by atoms with Gasteiger partial charge in [-0.3, -0.25) is 0 Å². The van der Waals surface area contributed by atoms with Gasteiger partial charge in [0.05, 0.1) is 17.6 Å². The number of rotatable bonds is 4. The molecule has 2 aromatic rings. The van der Waals surface area contributed by atoms with Crippen LogP contribution < -0.4 is 4.74 Å². The molecule has 0 saturated heterocycles. The van der Waals surface area contributed by atoms with Crippen LogP contribution in [0.4, 0.5) is 13.2 Å². The quantitative estimate of drug-likeness (QED) is 0.791. The first-order valence-electron chi connectivity index (χ1n) is 6.86. The molecule has 0 radical (unpaired) electrons. The summed E-state index contributed by atoms with van der Waals surface area (Å²) in [6.07, 6.45) is 3.80. The Morgan fingerprint density at radius 2 is 2.04 bits per heavy atom. The van der Waals surface area contributed by atoms with Crippen molar-refractivity contribution in [3.8, 4) is 29.2 Å². The highest BCUT2D eigenvalue weighted by molar-refractivity contribution is 7.90. The molecule has 126 valence electrons. The van der Waals surface area contributed by atoms with E-state index in [-0.39, 0.29) is 11.1 Å². The number of aromatic nitrogens is 2. The number of ether oxygens (including phenoxy) is 1. The Morgan fingerprint density at radius 3 is 2.62 bits per heavy atom. The minimum absolute atomic E-state index is 0.0139. The van der Waals surface area contributed by atoms with Gasteiger partial charge in [0.1, 0.15) is 5.75 Å². The van der Waals surface area contributed by atoms with Gasteiger partial charge in [-0.1, -0.05) is 5.92 Å². The largest absolute Gasteiger partial charge is 0.573 e. The van der Waals surface area contributed by atoms with E-state index in [2.05, 4.69) is 15.8 Å². The molecule has 0 atom stereocenters. The molecule has 1 aromatic heterocycles. The number of hydrogen-bond donors (Lipinski definition) is 0. The van der Waals surface area contributed by atoms with Crippen molar-refractivity contribution < 1.29 is 26.3 Å². The van der Waals surface area contributed by atoms with Gasteiger partial charge in [-0.25, -0.2) is 8.42 Å². The van der Waals surface area contributed by atoms with Gasteiger partial charge in [0, 0.05) is 16.7 Å². The lowest BCUT2D eigenvalue weighted by atomic mass is 10.1. The fourth-order valence-corrected chi connectivity index (χ4v) is 3.64. The molecule has 5 nitrogen and oxygen atoms in total. The van der Waals surface area contributed by atoms with Crippen LogP contribution in [0.5, 0.6) is 5.75 Å². The third kappa shape index (κ3) is 3.23. The van der Waals surface area contributed by atoms with E-state index in [4.69, 9.17) is 6.42 Å². The minimum atomic E-state index is -4.89. The Labute approximate surface area is 136 Å². The number of halogens is 3. The van der Waals surface area contributed by atoms with Crippen LogP contribution in [0.3, 0.4) is 0 Å². The zero-order valence-electron chi connectivity index (χ0n) is 12.1. The molecule has 1 saturated carbocycles. The molecule has 0 amide bonds. The van der Waals surface area contributed by atoms with Gasteiger partial charge in [-0.05, 0) is 31.0 Å². The highest BCUT2D eigenvalue weighted by Crippen LogP contribution is 2.36. The van der Waals surface area contributed by atoms with Gasteiger partial charge in [0.15, 0.2) is 0 Å². The van der Waals surface area contributed by atoms with E-state index >= 15 is 0 Å². The number of alkyl halides is 3. The SMILES string of the molecule is C#Cc1ccc(OC(F)(F)F)c(-c2cnn(S(=O)(=O)C3CC3)c2)c1. The Kier molecular flexibility index (Phi) is 3.80. The maximum Gasteiger partial charge on any atom is 0.573 e. The fourth-order valence-electron chi connectivity index (χ4n) is 2.16. The normalized spacial score (nSPS) is 15.1. The van der Waals surface area contributed by atoms with E-state index in [0.29, 0.717) is 18.4 Å². The molecular weight excluding hydrogens is 345 g/mol. The first-order valence-corrected chi connectivity index (χ1v) is 8.37. The molecule has 0 unspecified atom stereocenters. The van der Waals surface area contributed by atoms with E-state index in [0.717, 1.165) is 16.4 Å². The van der Waals surface area contributed by atoms with Crippen molar-refractivity contribution in [1.82, 2.24) is 9.19 Å². The van der Waals surface area contributed by atoms with Crippen molar-refractivity contribution >= 4 is 10.0 Å². The van der Waals surface area contributed by atoms with Crippen LogP contribution in [0.15, 0.2) is 30.6 Å². The lowest BCUT2D eigenvalue weighted by Crippen LogP contribution is -2.18. The summed E-state index contributed by atoms with van der Waals surface area (Å²) in [5.74, 6) is 1.83. The lowest BCUT2D eigenvalue weighted by Gasteiger charge is -2.12. The molecule has 24 heavy (non-hydrogen) atoms. The van der Waals surface area contributed by atoms with Gasteiger partial charge in [-0.2, -0.15) is 9.19 Å². The van der Waals surface area contributed by atoms with Crippen molar-refractivity contribution in [2.45, 2.75) is 24.5 Å². The minimum Gasteiger partial charge on any atom is -0.405 e. The van der Waals surface area contributed by atoms with E-state index in [1.165, 1.54) is 18.3 Å². The molecule has 3 rings (SSSR count). The summed E-state index contributed by atoms with van der Waals surface area (Å²) in [4.78, 5) is 0. The average Bonchev–Trinajstić information content (AvgIpc) is 3.24. The number of nitrogens with zero attached hydrogens (tertiary/aromatic N) is 2. The van der Waals surface area contributed by atoms with Gasteiger partial charge >= 0.3 is 6.36 Å². The molecular formula is C15H11F3N2O3S. The van der Waals surface area contributed by atoms with Crippen molar-refractivity contribution in [3.63, 3.8) is 0 Å². The zero-order chi connectivity index (χ0) is 17.5. The highest BCUT2D eigenvalue weighted by atomic mass is 32.2. The molecule has 1 aliphatic rings. The standard InChI is InChI=1S/C15H11F3N2O3S/c1-2-10-3-6-14(23-15(16,17)18)13(7-10)11-8-19-20(9-11)24(21,22)12-4-5-12/h1,3,6-9,12H,4-5H2. The first kappa shape index (κ1) is 16.4. The predicted molar refractivity (Wildman–Crippen MR) is 79.6 cm³/mol. The molecule has 0 aliphatic heterocycles. The van der Waals surface area contributed by atoms with Crippen LogP contribution in [-0.4, -0.2) is 29.2 Å². The van der Waals surface area contributed by atoms with Crippen molar-refractivity contribution in [3.05, 3.63) is 36.2 Å².